The van der Waals surface area contributed by atoms with Gasteiger partial charge < -0.3 is 69.3 Å². The van der Waals surface area contributed by atoms with Gasteiger partial charge in [0.25, 0.3) is 11.8 Å². The van der Waals surface area contributed by atoms with E-state index in [1.165, 1.54) is 48.5 Å². The maximum Gasteiger partial charge on any atom is 0.408 e. The van der Waals surface area contributed by atoms with E-state index in [1.54, 1.807) is 117 Å². The molecule has 8 aromatic carbocycles. The molecule has 8 aromatic rings. The first kappa shape index (κ1) is 73.8. The number of ether oxygens (including phenoxy) is 2. The monoisotopic (exact) mass is 1460 g/mol. The molecular weight excluding hydrogens is 1380 g/mol. The summed E-state index contributed by atoms with van der Waals surface area (Å²) < 4.78 is 75.6. The van der Waals surface area contributed by atoms with Crippen LogP contribution < -0.4 is 40.3 Å². The molecule has 28 heteroatoms. The van der Waals surface area contributed by atoms with Crippen LogP contribution in [0.2, 0.25) is 0 Å². The van der Waals surface area contributed by atoms with E-state index < -0.39 is 44.5 Å². The minimum atomic E-state index is -4.29. The van der Waals surface area contributed by atoms with Crippen LogP contribution in [0.4, 0.5) is 21.0 Å². The Morgan fingerprint density at radius 3 is 1.03 bits per heavy atom. The molecule has 2 saturated heterocycles. The molecule has 0 saturated carbocycles. The van der Waals surface area contributed by atoms with E-state index in [2.05, 4.69) is 31.9 Å². The average Bonchev–Trinajstić information content (AvgIpc) is 0.828. The summed E-state index contributed by atoms with van der Waals surface area (Å²) in [7, 11) is -8.58. The number of unbranched alkanes of at least 4 members (excludes halogenated alkanes) is 1. The van der Waals surface area contributed by atoms with Crippen LogP contribution >= 0.6 is 24.4 Å². The van der Waals surface area contributed by atoms with E-state index in [1.807, 2.05) is 72.8 Å². The van der Waals surface area contributed by atoms with Crippen molar-refractivity contribution in [2.75, 3.05) is 76.1 Å². The number of nitrogens with zero attached hydrogens (tertiary/aromatic N) is 4. The molecule has 6 N–H and O–H groups in total. The minimum Gasteiger partial charge on any atom is -0.445 e. The molecule has 0 unspecified atom stereocenters. The van der Waals surface area contributed by atoms with Crippen LogP contribution in [0.25, 0.3) is 0 Å². The number of alkyl carbamates (subject to hydrolysis) is 2. The number of rotatable bonds is 27. The molecule has 0 aliphatic carbocycles. The van der Waals surface area contributed by atoms with Gasteiger partial charge in [0.2, 0.25) is 11.8 Å². The van der Waals surface area contributed by atoms with Gasteiger partial charge in [-0.05, 0) is 157 Å². The van der Waals surface area contributed by atoms with Crippen LogP contribution in [0.1, 0.15) is 55.8 Å². The van der Waals surface area contributed by atoms with Crippen LogP contribution in [-0.2, 0) is 65.4 Å². The maximum atomic E-state index is 14.0. The van der Waals surface area contributed by atoms with Crippen molar-refractivity contribution in [1.82, 2.24) is 40.9 Å². The highest BCUT2D eigenvalue weighted by atomic mass is 32.2. The van der Waals surface area contributed by atoms with Crippen LogP contribution in [-0.4, -0.2) is 160 Å². The maximum absolute atomic E-state index is 14.0. The average molecular weight is 1460 g/mol. The third-order valence-corrected chi connectivity index (χ3v) is 19.5. The second-order valence-electron chi connectivity index (χ2n) is 23.8. The number of carbonyl (C=O) groups is 6. The lowest BCUT2D eigenvalue weighted by Crippen LogP contribution is -2.56. The molecule has 0 bridgehead atoms. The molecule has 2 aliphatic heterocycles. The first-order valence-corrected chi connectivity index (χ1v) is 36.5. The third kappa shape index (κ3) is 21.8. The van der Waals surface area contributed by atoms with Crippen molar-refractivity contribution >= 4 is 102 Å². The highest BCUT2D eigenvalue weighted by Gasteiger charge is 2.33. The number of hydrogen-bond donors (Lipinski definition) is 6. The van der Waals surface area contributed by atoms with Gasteiger partial charge in [-0.25, -0.2) is 9.59 Å². The standard InChI is InChI=1S/C74H76N10O14S4/c85-67(57-19-9-3-10-20-57)81-41-45-83(46-42-81)69(87)65(79-73(89)95-51-55-15-5-1-6-16-55)49-53-23-31-61(32-24-53)97-101(91,92)63-35-27-59(28-36-63)77-71(99)75-39-13-14-40-76-72(100)78-60-29-37-64(38-30-60)102(93,94)98-62-33-25-54(26-34-62)50-66(80-74(90)96-52-56-17-7-2-8-18-56)70(88)84-47-43-82(44-48-84)68(86)58-21-11-4-12-22-58/h1-12,15-38,65-66H,13-14,39-52H2,(H,79,89)(H,80,90)(H2,75,77,99)(H2,76,78,100)/t65-,66-/m0/s1. The number of piperazine rings is 2. The fourth-order valence-electron chi connectivity index (χ4n) is 11.0. The third-order valence-electron chi connectivity index (χ3n) is 16.5. The van der Waals surface area contributed by atoms with Crippen LogP contribution in [0.5, 0.6) is 11.5 Å². The number of benzene rings is 8. The zero-order valence-corrected chi connectivity index (χ0v) is 58.7. The summed E-state index contributed by atoms with van der Waals surface area (Å²) in [5.41, 5.74) is 4.89. The largest absolute Gasteiger partial charge is 0.445 e. The van der Waals surface area contributed by atoms with Crippen LogP contribution in [0, 0.1) is 0 Å². The van der Waals surface area contributed by atoms with E-state index in [-0.39, 0.29) is 97.2 Å². The van der Waals surface area contributed by atoms with Gasteiger partial charge in [0.15, 0.2) is 10.2 Å². The van der Waals surface area contributed by atoms with Gasteiger partial charge in [-0.1, -0.05) is 121 Å². The number of hydrogen-bond acceptors (Lipinski definition) is 16. The molecule has 102 heavy (non-hydrogen) atoms. The number of amides is 6. The molecular formula is C74H76N10O14S4. The van der Waals surface area contributed by atoms with Gasteiger partial charge >= 0.3 is 32.4 Å². The van der Waals surface area contributed by atoms with Crippen LogP contribution in [0.3, 0.4) is 0 Å². The van der Waals surface area contributed by atoms with Crippen molar-refractivity contribution < 1.29 is 63.4 Å². The molecule has 2 aliphatic rings. The molecule has 0 radical (unpaired) electrons. The Hall–Kier alpha value is -10.9. The van der Waals surface area contributed by atoms with Gasteiger partial charge in [-0.2, -0.15) is 16.8 Å². The Balaban J connectivity index is 0.624. The van der Waals surface area contributed by atoms with E-state index in [0.29, 0.717) is 96.0 Å². The molecule has 10 rings (SSSR count). The topological polar surface area (TPSA) is 293 Å². The normalized spacial score (nSPS) is 13.6. The number of thiocarbonyl (C=S) groups is 2. The summed E-state index contributed by atoms with van der Waals surface area (Å²) in [5.74, 6) is -0.954. The van der Waals surface area contributed by atoms with Gasteiger partial charge in [0, 0.05) is 101 Å². The van der Waals surface area contributed by atoms with Crippen molar-refractivity contribution in [1.29, 1.82) is 0 Å². The van der Waals surface area contributed by atoms with E-state index in [0.717, 1.165) is 11.1 Å². The Morgan fingerprint density at radius 2 is 0.696 bits per heavy atom. The van der Waals surface area contributed by atoms with Crippen molar-refractivity contribution in [3.63, 3.8) is 0 Å². The predicted octanol–water partition coefficient (Wildman–Crippen LogP) is 8.92. The smallest absolute Gasteiger partial charge is 0.408 e. The van der Waals surface area contributed by atoms with Crippen molar-refractivity contribution in [3.05, 3.63) is 252 Å². The molecule has 0 spiro atoms. The molecule has 6 amide bonds. The summed E-state index contributed by atoms with van der Waals surface area (Å²) in [4.78, 5) is 86.9. The minimum absolute atomic E-state index is 0.0122. The zero-order valence-electron chi connectivity index (χ0n) is 55.4. The van der Waals surface area contributed by atoms with Crippen LogP contribution in [0.15, 0.2) is 228 Å². The summed E-state index contributed by atoms with van der Waals surface area (Å²) >= 11 is 11.0. The van der Waals surface area contributed by atoms with Gasteiger partial charge in [-0.15, -0.1) is 0 Å². The quantitative estimate of drug-likeness (QED) is 0.0159. The summed E-state index contributed by atoms with van der Waals surface area (Å²) in [6.07, 6.45) is -0.103. The van der Waals surface area contributed by atoms with Crippen molar-refractivity contribution in [2.45, 2.75) is 60.8 Å². The lowest BCUT2D eigenvalue weighted by Gasteiger charge is -2.36. The van der Waals surface area contributed by atoms with Gasteiger partial charge in [0.1, 0.15) is 46.6 Å². The highest BCUT2D eigenvalue weighted by molar-refractivity contribution is 7.87. The first-order chi connectivity index (χ1) is 49.3. The fraction of sp³-hybridized carbons (Fsp3) is 0.243. The molecule has 2 atom stereocenters. The van der Waals surface area contributed by atoms with Crippen molar-refractivity contribution in [2.24, 2.45) is 0 Å². The first-order valence-electron chi connectivity index (χ1n) is 32.9. The van der Waals surface area contributed by atoms with E-state index in [4.69, 9.17) is 42.3 Å². The summed E-state index contributed by atoms with van der Waals surface area (Å²) in [5, 5.41) is 18.4. The second-order valence-corrected chi connectivity index (χ2v) is 27.7. The summed E-state index contributed by atoms with van der Waals surface area (Å²) in [6, 6.07) is 57.9. The number of anilines is 2. The van der Waals surface area contributed by atoms with E-state index in [9.17, 15) is 45.6 Å². The Labute approximate surface area is 602 Å². The fourth-order valence-corrected chi connectivity index (χ4v) is 13.3. The Morgan fingerprint density at radius 1 is 0.382 bits per heavy atom. The Kier molecular flexibility index (Phi) is 26.0. The van der Waals surface area contributed by atoms with E-state index >= 15 is 0 Å². The van der Waals surface area contributed by atoms with Crippen molar-refractivity contribution in [3.8, 4) is 11.5 Å². The molecule has 0 aromatic heterocycles. The lowest BCUT2D eigenvalue weighted by atomic mass is 10.0. The molecule has 530 valence electrons. The molecule has 24 nitrogen and oxygen atoms in total. The summed E-state index contributed by atoms with van der Waals surface area (Å²) in [6.45, 7) is 3.21. The molecule has 2 heterocycles. The second kappa shape index (κ2) is 35.9. The van der Waals surface area contributed by atoms with Gasteiger partial charge in [-0.3, -0.25) is 19.2 Å². The van der Waals surface area contributed by atoms with Gasteiger partial charge in [0.05, 0.1) is 0 Å². The Bertz CT molecular complexity index is 4120. The molecule has 2 fully saturated rings. The zero-order chi connectivity index (χ0) is 71.9. The lowest BCUT2D eigenvalue weighted by molar-refractivity contribution is -0.135. The highest BCUT2D eigenvalue weighted by Crippen LogP contribution is 2.25. The predicted molar refractivity (Wildman–Crippen MR) is 391 cm³/mol. The SMILES string of the molecule is O=C(N[C@@H](Cc1ccc(OS(=O)(=O)c2ccc(NC(=S)NCCCCNC(=S)Nc3ccc(S(=O)(=O)Oc4ccc(C[C@H](NC(=O)OCc5ccccc5)C(=O)N5CCN(C(=O)c6ccccc6)CC5)cc4)cc3)cc2)cc1)C(=O)N1CCN(C(=O)c2ccccc2)CC1)OCc1ccccc1. The number of nitrogens with one attached hydrogen (secondary N) is 6. The number of carbonyl (C=O) groups excluding carboxylic acids is 6.